The van der Waals surface area contributed by atoms with Gasteiger partial charge in [-0.05, 0) is 34.1 Å². The summed E-state index contributed by atoms with van der Waals surface area (Å²) in [5.41, 5.74) is 1.19. The molecule has 0 spiro atoms. The fourth-order valence-corrected chi connectivity index (χ4v) is 1.66. The minimum Gasteiger partial charge on any atom is -0.396 e. The number of hydrogen-bond acceptors (Lipinski definition) is 3. The van der Waals surface area contributed by atoms with Crippen molar-refractivity contribution in [2.75, 3.05) is 6.61 Å². The van der Waals surface area contributed by atoms with Crippen molar-refractivity contribution in [2.24, 2.45) is 0 Å². The molecule has 0 aromatic carbocycles. The maximum atomic E-state index is 8.84. The van der Waals surface area contributed by atoms with E-state index in [1.54, 1.807) is 0 Å². The van der Waals surface area contributed by atoms with Crippen LogP contribution in [0.1, 0.15) is 51.8 Å². The highest BCUT2D eigenvalue weighted by atomic mass is 16.3. The van der Waals surface area contributed by atoms with Crippen molar-refractivity contribution in [3.05, 3.63) is 18.0 Å². The van der Waals surface area contributed by atoms with Crippen LogP contribution < -0.4 is 5.32 Å². The van der Waals surface area contributed by atoms with E-state index in [0.717, 1.165) is 6.42 Å². The third-order valence-electron chi connectivity index (χ3n) is 2.75. The second-order valence-electron chi connectivity index (χ2n) is 4.65. The molecule has 2 N–H and O–H groups in total. The number of nitrogens with one attached hydrogen (secondary N) is 1. The highest BCUT2D eigenvalue weighted by Crippen LogP contribution is 2.14. The quantitative estimate of drug-likeness (QED) is 0.777. The molecule has 2 atom stereocenters. The first kappa shape index (κ1) is 13.2. The van der Waals surface area contributed by atoms with Gasteiger partial charge in [0.25, 0.3) is 0 Å². The molecule has 0 saturated carbocycles. The molecular formula is C12H23N3O. The van der Waals surface area contributed by atoms with Gasteiger partial charge >= 0.3 is 0 Å². The Labute approximate surface area is 97.7 Å². The zero-order chi connectivity index (χ0) is 12.1. The van der Waals surface area contributed by atoms with Crippen LogP contribution in [0.2, 0.25) is 0 Å². The first-order valence-corrected chi connectivity index (χ1v) is 5.95. The number of aliphatic hydroxyl groups is 1. The van der Waals surface area contributed by atoms with Gasteiger partial charge in [0.1, 0.15) is 0 Å². The maximum absolute atomic E-state index is 8.84. The predicted octanol–water partition coefficient (Wildman–Crippen LogP) is 1.89. The molecule has 4 heteroatoms. The van der Waals surface area contributed by atoms with E-state index in [2.05, 4.69) is 44.3 Å². The molecule has 1 rings (SSSR count). The molecule has 0 aliphatic heterocycles. The summed E-state index contributed by atoms with van der Waals surface area (Å²) in [5, 5.41) is 16.6. The summed E-state index contributed by atoms with van der Waals surface area (Å²) >= 11 is 0. The molecule has 0 fully saturated rings. The van der Waals surface area contributed by atoms with E-state index in [9.17, 15) is 0 Å². The Hall–Kier alpha value is -0.870. The van der Waals surface area contributed by atoms with Crippen LogP contribution in [-0.4, -0.2) is 27.5 Å². The summed E-state index contributed by atoms with van der Waals surface area (Å²) < 4.78 is 1.96. The maximum Gasteiger partial charge on any atom is 0.0537 e. The first-order chi connectivity index (χ1) is 7.54. The van der Waals surface area contributed by atoms with Crippen LogP contribution in [0.4, 0.5) is 0 Å². The van der Waals surface area contributed by atoms with E-state index in [0.29, 0.717) is 12.1 Å². The summed E-state index contributed by atoms with van der Waals surface area (Å²) in [6.07, 6.45) is 4.76. The molecule has 0 aliphatic carbocycles. The molecule has 92 valence electrons. The van der Waals surface area contributed by atoms with Crippen LogP contribution in [0.25, 0.3) is 0 Å². The largest absolute Gasteiger partial charge is 0.396 e. The third-order valence-corrected chi connectivity index (χ3v) is 2.75. The van der Waals surface area contributed by atoms with Crippen molar-refractivity contribution >= 4 is 0 Å². The zero-order valence-electron chi connectivity index (χ0n) is 10.6. The molecular weight excluding hydrogens is 202 g/mol. The van der Waals surface area contributed by atoms with Crippen LogP contribution in [0.5, 0.6) is 0 Å². The van der Waals surface area contributed by atoms with Gasteiger partial charge in [0, 0.05) is 36.5 Å². The minimum absolute atomic E-state index is 0.228. The number of rotatable bonds is 6. The van der Waals surface area contributed by atoms with Gasteiger partial charge in [0.05, 0.1) is 6.20 Å². The summed E-state index contributed by atoms with van der Waals surface area (Å²) in [4.78, 5) is 0. The minimum atomic E-state index is 0.228. The van der Waals surface area contributed by atoms with Gasteiger partial charge < -0.3 is 10.4 Å². The number of aromatic nitrogens is 2. The van der Waals surface area contributed by atoms with E-state index < -0.39 is 0 Å². The molecule has 1 aromatic heterocycles. The van der Waals surface area contributed by atoms with Crippen LogP contribution in [0, 0.1) is 0 Å². The van der Waals surface area contributed by atoms with Crippen LogP contribution >= 0.6 is 0 Å². The smallest absolute Gasteiger partial charge is 0.0537 e. The lowest BCUT2D eigenvalue weighted by Gasteiger charge is -2.18. The van der Waals surface area contributed by atoms with Gasteiger partial charge in [-0.1, -0.05) is 0 Å². The fourth-order valence-electron chi connectivity index (χ4n) is 1.66. The Morgan fingerprint density at radius 1 is 1.38 bits per heavy atom. The SMILES string of the molecule is CC(CCO)NC(C)c1cnn(C(C)C)c1. The number of hydrogen-bond donors (Lipinski definition) is 2. The Bertz CT molecular complexity index is 309. The summed E-state index contributed by atoms with van der Waals surface area (Å²) in [5.74, 6) is 0. The first-order valence-electron chi connectivity index (χ1n) is 5.95. The zero-order valence-corrected chi connectivity index (χ0v) is 10.6. The van der Waals surface area contributed by atoms with Crippen LogP contribution in [0.3, 0.4) is 0 Å². The second kappa shape index (κ2) is 6.01. The average molecular weight is 225 g/mol. The predicted molar refractivity (Wildman–Crippen MR) is 65.3 cm³/mol. The molecule has 2 unspecified atom stereocenters. The van der Waals surface area contributed by atoms with Crippen molar-refractivity contribution in [2.45, 2.75) is 52.2 Å². The van der Waals surface area contributed by atoms with Crippen molar-refractivity contribution in [1.82, 2.24) is 15.1 Å². The normalized spacial score (nSPS) is 15.4. The van der Waals surface area contributed by atoms with Crippen LogP contribution in [-0.2, 0) is 0 Å². The molecule has 1 aromatic rings. The number of aliphatic hydroxyl groups excluding tert-OH is 1. The molecule has 1 heterocycles. The molecule has 0 amide bonds. The second-order valence-corrected chi connectivity index (χ2v) is 4.65. The van der Waals surface area contributed by atoms with Gasteiger partial charge in [-0.2, -0.15) is 5.10 Å². The Balaban J connectivity index is 2.55. The standard InChI is InChI=1S/C12H23N3O/c1-9(2)15-8-12(7-13-15)11(4)14-10(3)5-6-16/h7-11,14,16H,5-6H2,1-4H3. The third kappa shape index (κ3) is 3.61. The highest BCUT2D eigenvalue weighted by Gasteiger charge is 2.11. The lowest BCUT2D eigenvalue weighted by molar-refractivity contribution is 0.264. The van der Waals surface area contributed by atoms with Gasteiger partial charge in [-0.3, -0.25) is 4.68 Å². The summed E-state index contributed by atoms with van der Waals surface area (Å²) in [6, 6.07) is 0.993. The lowest BCUT2D eigenvalue weighted by Crippen LogP contribution is -2.29. The molecule has 0 radical (unpaired) electrons. The highest BCUT2D eigenvalue weighted by molar-refractivity contribution is 5.09. The molecule has 0 bridgehead atoms. The van der Waals surface area contributed by atoms with E-state index >= 15 is 0 Å². The Kier molecular flexibility index (Phi) is 4.96. The average Bonchev–Trinajstić information content (AvgIpc) is 2.66. The van der Waals surface area contributed by atoms with E-state index in [1.165, 1.54) is 5.56 Å². The number of nitrogens with zero attached hydrogens (tertiary/aromatic N) is 2. The molecule has 4 nitrogen and oxygen atoms in total. The topological polar surface area (TPSA) is 50.1 Å². The summed E-state index contributed by atoms with van der Waals surface area (Å²) in [7, 11) is 0. The van der Waals surface area contributed by atoms with Crippen LogP contribution in [0.15, 0.2) is 12.4 Å². The van der Waals surface area contributed by atoms with E-state index in [4.69, 9.17) is 5.11 Å². The monoisotopic (exact) mass is 225 g/mol. The Morgan fingerprint density at radius 2 is 2.06 bits per heavy atom. The van der Waals surface area contributed by atoms with Gasteiger partial charge in [0.15, 0.2) is 0 Å². The van der Waals surface area contributed by atoms with Gasteiger partial charge in [-0.15, -0.1) is 0 Å². The van der Waals surface area contributed by atoms with Crippen molar-refractivity contribution < 1.29 is 5.11 Å². The van der Waals surface area contributed by atoms with Crippen molar-refractivity contribution in [3.8, 4) is 0 Å². The summed E-state index contributed by atoms with van der Waals surface area (Å²) in [6.45, 7) is 8.66. The van der Waals surface area contributed by atoms with E-state index in [-0.39, 0.29) is 12.6 Å². The van der Waals surface area contributed by atoms with Gasteiger partial charge in [-0.25, -0.2) is 0 Å². The Morgan fingerprint density at radius 3 is 2.56 bits per heavy atom. The molecule has 0 aliphatic rings. The molecule has 0 saturated heterocycles. The molecule has 16 heavy (non-hydrogen) atoms. The lowest BCUT2D eigenvalue weighted by atomic mass is 10.1. The fraction of sp³-hybridized carbons (Fsp3) is 0.750. The van der Waals surface area contributed by atoms with Gasteiger partial charge in [0.2, 0.25) is 0 Å². The van der Waals surface area contributed by atoms with Crippen molar-refractivity contribution in [3.63, 3.8) is 0 Å². The van der Waals surface area contributed by atoms with E-state index in [1.807, 2.05) is 10.9 Å². The van der Waals surface area contributed by atoms with Crippen molar-refractivity contribution in [1.29, 1.82) is 0 Å².